The summed E-state index contributed by atoms with van der Waals surface area (Å²) in [6, 6.07) is 12.1. The smallest absolute Gasteiger partial charge is 0.258 e. The summed E-state index contributed by atoms with van der Waals surface area (Å²) < 4.78 is 24.2. The summed E-state index contributed by atoms with van der Waals surface area (Å²) in [5.74, 6) is 0. The molecular weight excluding hydrogens is 318 g/mol. The van der Waals surface area contributed by atoms with Crippen molar-refractivity contribution in [3.05, 3.63) is 69.8 Å². The van der Waals surface area contributed by atoms with Crippen molar-refractivity contribution in [1.29, 1.82) is 0 Å². The van der Waals surface area contributed by atoms with E-state index in [1.165, 1.54) is 36.4 Å². The zero-order valence-electron chi connectivity index (χ0n) is 12.6. The molecule has 0 saturated carbocycles. The molecule has 0 spiro atoms. The lowest BCUT2D eigenvalue weighted by molar-refractivity contribution is -0.384. The molecule has 120 valence electrons. The van der Waals surface area contributed by atoms with E-state index in [2.05, 4.69) is 9.93 Å². The lowest BCUT2D eigenvalue weighted by Gasteiger charge is -2.05. The maximum absolute atomic E-state index is 12.1. The van der Waals surface area contributed by atoms with Crippen LogP contribution in [0.15, 0.2) is 58.5 Å². The van der Waals surface area contributed by atoms with Crippen LogP contribution in [0.25, 0.3) is 0 Å². The molecule has 2 aromatic rings. The zero-order chi connectivity index (χ0) is 17.0. The van der Waals surface area contributed by atoms with Gasteiger partial charge in [0.05, 0.1) is 15.5 Å². The van der Waals surface area contributed by atoms with Crippen molar-refractivity contribution in [2.75, 3.05) is 0 Å². The normalized spacial score (nSPS) is 12.0. The Kier molecular flexibility index (Phi) is 4.75. The summed E-state index contributed by atoms with van der Waals surface area (Å²) in [6.07, 6.45) is 0. The van der Waals surface area contributed by atoms with Crippen LogP contribution in [0.2, 0.25) is 0 Å². The molecule has 0 atom stereocenters. The molecule has 1 N–H and O–H groups in total. The molecular formula is C15H15N3O4S. The number of benzene rings is 2. The Balaban J connectivity index is 2.18. The third-order valence-corrected chi connectivity index (χ3v) is 4.39. The van der Waals surface area contributed by atoms with Gasteiger partial charge in [0.1, 0.15) is 0 Å². The van der Waals surface area contributed by atoms with Crippen molar-refractivity contribution in [3.8, 4) is 0 Å². The highest BCUT2D eigenvalue weighted by molar-refractivity contribution is 7.89. The highest BCUT2D eigenvalue weighted by Crippen LogP contribution is 2.13. The van der Waals surface area contributed by atoms with Crippen LogP contribution in [0.5, 0.6) is 0 Å². The van der Waals surface area contributed by atoms with E-state index in [4.69, 9.17) is 0 Å². The molecule has 2 rings (SSSR count). The van der Waals surface area contributed by atoms with E-state index >= 15 is 0 Å². The fraction of sp³-hybridized carbons (Fsp3) is 0.133. The summed E-state index contributed by atoms with van der Waals surface area (Å²) in [4.78, 5) is 12.4. The molecule has 0 amide bonds. The van der Waals surface area contributed by atoms with Gasteiger partial charge in [0, 0.05) is 12.1 Å². The summed E-state index contributed by atoms with van der Waals surface area (Å²) >= 11 is 0. The first-order chi connectivity index (χ1) is 10.8. The van der Waals surface area contributed by atoms with E-state index in [0.717, 1.165) is 5.56 Å². The minimum atomic E-state index is -3.75. The van der Waals surface area contributed by atoms with E-state index in [9.17, 15) is 18.5 Å². The second-order valence-electron chi connectivity index (χ2n) is 4.91. The monoisotopic (exact) mass is 333 g/mol. The van der Waals surface area contributed by atoms with Gasteiger partial charge in [0.25, 0.3) is 15.7 Å². The second kappa shape index (κ2) is 6.57. The number of rotatable bonds is 5. The molecule has 0 aliphatic heterocycles. The Bertz CT molecular complexity index is 841. The van der Waals surface area contributed by atoms with Gasteiger partial charge in [-0.2, -0.15) is 18.4 Å². The van der Waals surface area contributed by atoms with Gasteiger partial charge < -0.3 is 0 Å². The number of hydrogen-bond donors (Lipinski definition) is 1. The molecule has 7 nitrogen and oxygen atoms in total. The van der Waals surface area contributed by atoms with Gasteiger partial charge >= 0.3 is 0 Å². The molecule has 0 aliphatic carbocycles. The minimum Gasteiger partial charge on any atom is -0.258 e. The molecule has 23 heavy (non-hydrogen) atoms. The molecule has 0 fully saturated rings. The van der Waals surface area contributed by atoms with Gasteiger partial charge in [0.15, 0.2) is 0 Å². The van der Waals surface area contributed by atoms with Crippen molar-refractivity contribution in [3.63, 3.8) is 0 Å². The summed E-state index contributed by atoms with van der Waals surface area (Å²) in [6.45, 7) is 3.47. The van der Waals surface area contributed by atoms with E-state index < -0.39 is 14.9 Å². The lowest BCUT2D eigenvalue weighted by Crippen LogP contribution is -2.19. The number of nitro benzene ring substituents is 1. The first-order valence-electron chi connectivity index (χ1n) is 6.67. The number of nitrogens with one attached hydrogen (secondary N) is 1. The fourth-order valence-electron chi connectivity index (χ4n) is 1.79. The van der Waals surface area contributed by atoms with E-state index in [1.54, 1.807) is 19.1 Å². The van der Waals surface area contributed by atoms with Crippen molar-refractivity contribution in [1.82, 2.24) is 4.83 Å². The number of hydrogen-bond acceptors (Lipinski definition) is 5. The van der Waals surface area contributed by atoms with Crippen LogP contribution in [0.3, 0.4) is 0 Å². The highest BCUT2D eigenvalue weighted by Gasteiger charge is 2.13. The predicted octanol–water partition coefficient (Wildman–Crippen LogP) is 2.61. The first-order valence-corrected chi connectivity index (χ1v) is 8.15. The van der Waals surface area contributed by atoms with Crippen molar-refractivity contribution in [2.24, 2.45) is 5.10 Å². The SMILES string of the molecule is CC(=NNS(=O)(=O)c1ccc(C)cc1)c1ccc([N+](=O)[O-])cc1. The van der Waals surface area contributed by atoms with Gasteiger partial charge in [-0.1, -0.05) is 17.7 Å². The molecule has 0 bridgehead atoms. The Morgan fingerprint density at radius 3 is 2.17 bits per heavy atom. The number of nitrogens with zero attached hydrogens (tertiary/aromatic N) is 2. The molecule has 0 aliphatic rings. The van der Waals surface area contributed by atoms with Crippen LogP contribution in [0.4, 0.5) is 5.69 Å². The largest absolute Gasteiger partial charge is 0.276 e. The molecule has 0 radical (unpaired) electrons. The van der Waals surface area contributed by atoms with Gasteiger partial charge in [0.2, 0.25) is 0 Å². The third-order valence-electron chi connectivity index (χ3n) is 3.16. The molecule has 2 aromatic carbocycles. The van der Waals surface area contributed by atoms with Crippen LogP contribution in [-0.2, 0) is 10.0 Å². The zero-order valence-corrected chi connectivity index (χ0v) is 13.4. The molecule has 0 saturated heterocycles. The minimum absolute atomic E-state index is 0.0400. The van der Waals surface area contributed by atoms with Gasteiger partial charge in [-0.15, -0.1) is 0 Å². The second-order valence-corrected chi connectivity index (χ2v) is 6.57. The number of sulfonamides is 1. The van der Waals surface area contributed by atoms with Crippen LogP contribution >= 0.6 is 0 Å². The Labute approximate surface area is 133 Å². The summed E-state index contributed by atoms with van der Waals surface area (Å²) in [5.41, 5.74) is 1.90. The Hall–Kier alpha value is -2.74. The average molecular weight is 333 g/mol. The third kappa shape index (κ3) is 4.13. The predicted molar refractivity (Wildman–Crippen MR) is 86.8 cm³/mol. The standard InChI is InChI=1S/C15H15N3O4S/c1-11-3-9-15(10-4-11)23(21,22)17-16-12(2)13-5-7-14(8-6-13)18(19)20/h3-10,17H,1-2H3. The Morgan fingerprint density at radius 2 is 1.65 bits per heavy atom. The Morgan fingerprint density at radius 1 is 1.09 bits per heavy atom. The van der Waals surface area contributed by atoms with E-state index in [-0.39, 0.29) is 10.6 Å². The van der Waals surface area contributed by atoms with E-state index in [1.807, 2.05) is 6.92 Å². The molecule has 0 unspecified atom stereocenters. The van der Waals surface area contributed by atoms with Crippen molar-refractivity contribution in [2.45, 2.75) is 18.7 Å². The van der Waals surface area contributed by atoms with Gasteiger partial charge in [-0.05, 0) is 43.7 Å². The molecule has 8 heteroatoms. The molecule has 0 aromatic heterocycles. The lowest BCUT2D eigenvalue weighted by atomic mass is 10.1. The number of aryl methyl sites for hydroxylation is 1. The number of non-ortho nitro benzene ring substituents is 1. The van der Waals surface area contributed by atoms with Crippen LogP contribution in [0, 0.1) is 17.0 Å². The maximum atomic E-state index is 12.1. The number of nitro groups is 1. The van der Waals surface area contributed by atoms with E-state index in [0.29, 0.717) is 11.3 Å². The fourth-order valence-corrected chi connectivity index (χ4v) is 2.64. The highest BCUT2D eigenvalue weighted by atomic mass is 32.2. The topological polar surface area (TPSA) is 102 Å². The maximum Gasteiger partial charge on any atom is 0.276 e. The van der Waals surface area contributed by atoms with Crippen molar-refractivity contribution >= 4 is 21.4 Å². The van der Waals surface area contributed by atoms with Gasteiger partial charge in [-0.3, -0.25) is 10.1 Å². The summed E-state index contributed by atoms with van der Waals surface area (Å²) in [7, 11) is -3.75. The number of hydrazone groups is 1. The van der Waals surface area contributed by atoms with Crippen LogP contribution < -0.4 is 4.83 Å². The molecule has 0 heterocycles. The average Bonchev–Trinajstić information content (AvgIpc) is 2.53. The van der Waals surface area contributed by atoms with Crippen molar-refractivity contribution < 1.29 is 13.3 Å². The van der Waals surface area contributed by atoms with Crippen LogP contribution in [0.1, 0.15) is 18.1 Å². The summed E-state index contributed by atoms with van der Waals surface area (Å²) in [5, 5.41) is 14.5. The van der Waals surface area contributed by atoms with Crippen LogP contribution in [-0.4, -0.2) is 19.1 Å². The van der Waals surface area contributed by atoms with Gasteiger partial charge in [-0.25, -0.2) is 0 Å². The first kappa shape index (κ1) is 16.6. The quantitative estimate of drug-likeness (QED) is 0.516.